The second-order valence-corrected chi connectivity index (χ2v) is 8.44. The maximum absolute atomic E-state index is 11.4. The number of sulfonamides is 1. The van der Waals surface area contributed by atoms with Gasteiger partial charge in [0.15, 0.2) is 0 Å². The Bertz CT molecular complexity index is 399. The van der Waals surface area contributed by atoms with Crippen LogP contribution in [0.1, 0.15) is 13.8 Å². The van der Waals surface area contributed by atoms with E-state index >= 15 is 0 Å². The lowest BCUT2D eigenvalue weighted by molar-refractivity contribution is 0.496. The Morgan fingerprint density at radius 3 is 1.93 bits per heavy atom. The maximum Gasteiger partial charge on any atom is 0.213 e. The predicted octanol–water partition coefficient (Wildman–Crippen LogP) is -0.0322. The van der Waals surface area contributed by atoms with E-state index in [0.717, 1.165) is 6.26 Å². The van der Waals surface area contributed by atoms with Gasteiger partial charge in [0.2, 0.25) is 10.0 Å². The van der Waals surface area contributed by atoms with E-state index in [-0.39, 0.29) is 11.6 Å². The molecule has 92 valence electrons. The summed E-state index contributed by atoms with van der Waals surface area (Å²) in [7, 11) is -6.87. The molecule has 0 aromatic carbocycles. The minimum absolute atomic E-state index is 0.116. The van der Waals surface area contributed by atoms with Crippen LogP contribution >= 0.6 is 11.6 Å². The fraction of sp³-hybridized carbons (Fsp3) is 1.00. The van der Waals surface area contributed by atoms with Gasteiger partial charge in [0, 0.05) is 17.7 Å². The molecule has 0 unspecified atom stereocenters. The molecule has 1 N–H and O–H groups in total. The Morgan fingerprint density at radius 2 is 1.60 bits per heavy atom. The fourth-order valence-electron chi connectivity index (χ4n) is 0.760. The lowest BCUT2D eigenvalue weighted by atomic mass is 10.1. The van der Waals surface area contributed by atoms with Crippen molar-refractivity contribution in [1.82, 2.24) is 4.72 Å². The number of nitrogens with one attached hydrogen (secondary N) is 1. The lowest BCUT2D eigenvalue weighted by Gasteiger charge is -2.22. The summed E-state index contributed by atoms with van der Waals surface area (Å²) in [5, 5.41) is 0. The minimum Gasteiger partial charge on any atom is -0.229 e. The van der Waals surface area contributed by atoms with Gasteiger partial charge in [-0.15, -0.1) is 11.6 Å². The molecule has 0 aliphatic heterocycles. The zero-order valence-electron chi connectivity index (χ0n) is 8.95. The normalized spacial score (nSPS) is 14.1. The van der Waals surface area contributed by atoms with Gasteiger partial charge in [-0.25, -0.2) is 21.6 Å². The van der Waals surface area contributed by atoms with Crippen LogP contribution in [0.5, 0.6) is 0 Å². The van der Waals surface area contributed by atoms with E-state index in [4.69, 9.17) is 11.6 Å². The van der Waals surface area contributed by atoms with Gasteiger partial charge in [0.1, 0.15) is 9.84 Å². The van der Waals surface area contributed by atoms with Crippen LogP contribution in [-0.4, -0.2) is 46.0 Å². The van der Waals surface area contributed by atoms with E-state index in [9.17, 15) is 16.8 Å². The summed E-state index contributed by atoms with van der Waals surface area (Å²) in [4.78, 5) is 0. The van der Waals surface area contributed by atoms with E-state index in [1.165, 1.54) is 0 Å². The highest BCUT2D eigenvalue weighted by molar-refractivity contribution is 7.93. The second kappa shape index (κ2) is 4.99. The zero-order valence-corrected chi connectivity index (χ0v) is 11.3. The Morgan fingerprint density at radius 1 is 1.13 bits per heavy atom. The van der Waals surface area contributed by atoms with Gasteiger partial charge in [-0.3, -0.25) is 0 Å². The topological polar surface area (TPSA) is 80.3 Å². The molecule has 0 aliphatic rings. The Kier molecular flexibility index (Phi) is 5.04. The number of sulfone groups is 1. The molecule has 0 heterocycles. The molecule has 0 bridgehead atoms. The van der Waals surface area contributed by atoms with Crippen molar-refractivity contribution in [2.24, 2.45) is 0 Å². The molecule has 0 amide bonds. The highest BCUT2D eigenvalue weighted by atomic mass is 35.5. The predicted molar refractivity (Wildman–Crippen MR) is 61.4 cm³/mol. The van der Waals surface area contributed by atoms with Gasteiger partial charge in [-0.1, -0.05) is 0 Å². The van der Waals surface area contributed by atoms with Gasteiger partial charge >= 0.3 is 0 Å². The summed E-state index contributed by atoms with van der Waals surface area (Å²) in [5.41, 5.74) is -0.766. The number of hydrogen-bond acceptors (Lipinski definition) is 4. The van der Waals surface area contributed by atoms with Crippen molar-refractivity contribution in [3.63, 3.8) is 0 Å². The molecule has 5 nitrogen and oxygen atoms in total. The Hall–Kier alpha value is 0.150. The SMILES string of the molecule is CC(C)(CCl)NS(=O)(=O)CCS(C)(=O)=O. The van der Waals surface area contributed by atoms with E-state index in [2.05, 4.69) is 4.72 Å². The first-order valence-corrected chi connectivity index (χ1v) is 8.47. The summed E-state index contributed by atoms with van der Waals surface area (Å²) in [6.07, 6.45) is 0.995. The lowest BCUT2D eigenvalue weighted by Crippen LogP contribution is -2.46. The van der Waals surface area contributed by atoms with Crippen molar-refractivity contribution in [3.8, 4) is 0 Å². The number of halogens is 1. The first-order chi connectivity index (χ1) is 6.47. The molecule has 0 radical (unpaired) electrons. The third-order valence-corrected chi connectivity index (χ3v) is 4.97. The zero-order chi connectivity index (χ0) is 12.3. The van der Waals surface area contributed by atoms with Crippen LogP contribution in [-0.2, 0) is 19.9 Å². The van der Waals surface area contributed by atoms with Crippen LogP contribution in [0.3, 0.4) is 0 Å². The van der Waals surface area contributed by atoms with E-state index in [1.54, 1.807) is 13.8 Å². The Labute approximate surface area is 96.2 Å². The summed E-state index contributed by atoms with van der Waals surface area (Å²) in [6, 6.07) is 0. The standard InChI is InChI=1S/C7H16ClNO4S2/c1-7(2,6-8)9-15(12,13)5-4-14(3,10)11/h9H,4-6H2,1-3H3. The molecule has 0 fully saturated rings. The van der Waals surface area contributed by atoms with Crippen molar-refractivity contribution in [3.05, 3.63) is 0 Å². The van der Waals surface area contributed by atoms with E-state index in [1.807, 2.05) is 0 Å². The second-order valence-electron chi connectivity index (χ2n) is 4.07. The number of hydrogen-bond donors (Lipinski definition) is 1. The monoisotopic (exact) mass is 277 g/mol. The number of alkyl halides is 1. The maximum atomic E-state index is 11.4. The van der Waals surface area contributed by atoms with Gasteiger partial charge in [0.05, 0.1) is 11.5 Å². The Balaban J connectivity index is 4.47. The van der Waals surface area contributed by atoms with Crippen LogP contribution in [0.15, 0.2) is 0 Å². The fourth-order valence-corrected chi connectivity index (χ4v) is 4.01. The molecule has 0 aromatic heterocycles. The van der Waals surface area contributed by atoms with Crippen LogP contribution in [0.4, 0.5) is 0 Å². The first-order valence-electron chi connectivity index (χ1n) is 4.23. The van der Waals surface area contributed by atoms with Crippen molar-refractivity contribution >= 4 is 31.5 Å². The average Bonchev–Trinajstić information content (AvgIpc) is 1.98. The summed E-state index contributed by atoms with van der Waals surface area (Å²) < 4.78 is 46.8. The van der Waals surface area contributed by atoms with E-state index in [0.29, 0.717) is 0 Å². The molecule has 0 atom stereocenters. The molecule has 8 heteroatoms. The summed E-state index contributed by atoms with van der Waals surface area (Å²) in [5.74, 6) is -0.710. The third kappa shape index (κ3) is 8.01. The largest absolute Gasteiger partial charge is 0.229 e. The van der Waals surface area contributed by atoms with Gasteiger partial charge in [0.25, 0.3) is 0 Å². The molecule has 0 spiro atoms. The smallest absolute Gasteiger partial charge is 0.213 e. The van der Waals surface area contributed by atoms with Crippen LogP contribution in [0, 0.1) is 0 Å². The molecular formula is C7H16ClNO4S2. The quantitative estimate of drug-likeness (QED) is 0.691. The molecule has 0 saturated carbocycles. The van der Waals surface area contributed by atoms with Crippen LogP contribution < -0.4 is 4.72 Å². The minimum atomic E-state index is -3.60. The van der Waals surface area contributed by atoms with Crippen LogP contribution in [0.2, 0.25) is 0 Å². The van der Waals surface area contributed by atoms with Gasteiger partial charge in [-0.05, 0) is 13.8 Å². The molecule has 0 saturated heterocycles. The van der Waals surface area contributed by atoms with Crippen molar-refractivity contribution in [1.29, 1.82) is 0 Å². The van der Waals surface area contributed by atoms with Gasteiger partial charge in [-0.2, -0.15) is 0 Å². The van der Waals surface area contributed by atoms with Crippen LogP contribution in [0.25, 0.3) is 0 Å². The average molecular weight is 278 g/mol. The summed E-state index contributed by atoms with van der Waals surface area (Å²) >= 11 is 5.54. The molecule has 15 heavy (non-hydrogen) atoms. The molecule has 0 aromatic rings. The van der Waals surface area contributed by atoms with Crippen molar-refractivity contribution in [2.45, 2.75) is 19.4 Å². The van der Waals surface area contributed by atoms with E-state index < -0.39 is 31.2 Å². The van der Waals surface area contributed by atoms with Crippen molar-refractivity contribution < 1.29 is 16.8 Å². The first kappa shape index (κ1) is 15.2. The molecular weight excluding hydrogens is 262 g/mol. The highest BCUT2D eigenvalue weighted by Crippen LogP contribution is 2.07. The van der Waals surface area contributed by atoms with Crippen molar-refractivity contribution in [2.75, 3.05) is 23.6 Å². The summed E-state index contributed by atoms with van der Waals surface area (Å²) in [6.45, 7) is 3.25. The number of rotatable bonds is 6. The third-order valence-electron chi connectivity index (χ3n) is 1.49. The molecule has 0 rings (SSSR count). The highest BCUT2D eigenvalue weighted by Gasteiger charge is 2.24. The van der Waals surface area contributed by atoms with Gasteiger partial charge < -0.3 is 0 Å². The molecule has 0 aliphatic carbocycles.